The van der Waals surface area contributed by atoms with Gasteiger partial charge in [0.1, 0.15) is 4.91 Å². The molecule has 0 amide bonds. The molecular formula is C18H24ClF3N2O2S. The number of likely N-dealkylation sites (N-methyl/N-ethyl adjacent to an activating group) is 1. The Morgan fingerprint density at radius 3 is 2.22 bits per heavy atom. The van der Waals surface area contributed by atoms with Gasteiger partial charge in [0, 0.05) is 31.6 Å². The molecule has 0 atom stereocenters. The fourth-order valence-corrected chi connectivity index (χ4v) is 5.92. The van der Waals surface area contributed by atoms with Crippen LogP contribution in [0.2, 0.25) is 5.02 Å². The topological polar surface area (TPSA) is 40.6 Å². The van der Waals surface area contributed by atoms with E-state index in [9.17, 15) is 21.6 Å². The molecular weight excluding hydrogens is 401 g/mol. The van der Waals surface area contributed by atoms with Gasteiger partial charge in [0.2, 0.25) is 10.0 Å². The summed E-state index contributed by atoms with van der Waals surface area (Å²) in [6.07, 6.45) is -5.63. The van der Waals surface area contributed by atoms with Crippen molar-refractivity contribution in [2.75, 3.05) is 20.1 Å². The molecule has 0 aliphatic carbocycles. The van der Waals surface area contributed by atoms with E-state index in [0.29, 0.717) is 22.8 Å². The second-order valence-electron chi connectivity index (χ2n) is 7.05. The Morgan fingerprint density at radius 2 is 1.74 bits per heavy atom. The molecule has 27 heavy (non-hydrogen) atoms. The predicted octanol–water partition coefficient (Wildman–Crippen LogP) is 4.73. The Kier molecular flexibility index (Phi) is 6.24. The normalized spacial score (nSPS) is 19.6. The number of nitrogens with zero attached hydrogens (tertiary/aromatic N) is 2. The van der Waals surface area contributed by atoms with Crippen molar-refractivity contribution in [3.8, 4) is 0 Å². The Morgan fingerprint density at radius 1 is 1.19 bits per heavy atom. The summed E-state index contributed by atoms with van der Waals surface area (Å²) < 4.78 is 65.5. The van der Waals surface area contributed by atoms with Gasteiger partial charge in [-0.25, -0.2) is 8.42 Å². The Bertz CT molecular complexity index is 818. The van der Waals surface area contributed by atoms with Crippen LogP contribution < -0.4 is 0 Å². The average molecular weight is 425 g/mol. The predicted molar refractivity (Wildman–Crippen MR) is 102 cm³/mol. The third kappa shape index (κ3) is 4.43. The van der Waals surface area contributed by atoms with Gasteiger partial charge in [-0.3, -0.25) is 0 Å². The summed E-state index contributed by atoms with van der Waals surface area (Å²) >= 11 is 5.92. The van der Waals surface area contributed by atoms with E-state index in [1.165, 1.54) is 4.31 Å². The Balaban J connectivity index is 2.54. The van der Waals surface area contributed by atoms with Crippen molar-refractivity contribution < 1.29 is 21.6 Å². The van der Waals surface area contributed by atoms with Gasteiger partial charge in [-0.15, -0.1) is 0 Å². The van der Waals surface area contributed by atoms with Crippen molar-refractivity contribution in [2.24, 2.45) is 0 Å². The molecule has 0 unspecified atom stereocenters. The van der Waals surface area contributed by atoms with Crippen LogP contribution >= 0.6 is 11.6 Å². The molecule has 9 heteroatoms. The monoisotopic (exact) mass is 424 g/mol. The van der Waals surface area contributed by atoms with E-state index in [1.807, 2.05) is 11.8 Å². The number of benzene rings is 1. The van der Waals surface area contributed by atoms with E-state index in [-0.39, 0.29) is 17.9 Å². The summed E-state index contributed by atoms with van der Waals surface area (Å²) in [4.78, 5) is 1.95. The molecule has 1 heterocycles. The minimum Gasteiger partial charge on any atom is -0.376 e. The van der Waals surface area contributed by atoms with Crippen LogP contribution in [-0.4, -0.2) is 49.5 Å². The van der Waals surface area contributed by atoms with Gasteiger partial charge in [-0.1, -0.05) is 23.7 Å². The molecule has 0 spiro atoms. The van der Waals surface area contributed by atoms with Gasteiger partial charge in [0.15, 0.2) is 0 Å². The van der Waals surface area contributed by atoms with Crippen LogP contribution in [0.5, 0.6) is 0 Å². The summed E-state index contributed by atoms with van der Waals surface area (Å²) in [5.41, 5.74) is 0.0740. The lowest BCUT2D eigenvalue weighted by atomic mass is 9.96. The number of hydrogen-bond acceptors (Lipinski definition) is 3. The number of halogens is 4. The zero-order valence-corrected chi connectivity index (χ0v) is 17.3. The SMILES string of the molecule is CCN(C)C1=C(c2ccc(Cl)cc2)S(=O)(=O)N(CCCC(F)(F)F)C1(C)C. The van der Waals surface area contributed by atoms with Gasteiger partial charge in [-0.05, 0) is 44.9 Å². The van der Waals surface area contributed by atoms with Crippen LogP contribution in [0, 0.1) is 0 Å². The second kappa shape index (κ2) is 7.64. The van der Waals surface area contributed by atoms with E-state index >= 15 is 0 Å². The van der Waals surface area contributed by atoms with Gasteiger partial charge < -0.3 is 4.90 Å². The highest BCUT2D eigenvalue weighted by Gasteiger charge is 2.51. The molecule has 1 aliphatic heterocycles. The molecule has 1 aromatic rings. The largest absolute Gasteiger partial charge is 0.389 e. The lowest BCUT2D eigenvalue weighted by Crippen LogP contribution is -2.46. The first kappa shape index (κ1) is 22.0. The number of rotatable bonds is 6. The molecule has 2 rings (SSSR count). The molecule has 0 radical (unpaired) electrons. The zero-order chi connectivity index (χ0) is 20.6. The molecule has 1 aliphatic rings. The van der Waals surface area contributed by atoms with Crippen molar-refractivity contribution in [1.29, 1.82) is 0 Å². The summed E-state index contributed by atoms with van der Waals surface area (Å²) in [6, 6.07) is 6.44. The van der Waals surface area contributed by atoms with Crippen molar-refractivity contribution in [2.45, 2.75) is 45.3 Å². The fourth-order valence-electron chi connectivity index (χ4n) is 3.44. The number of hydrogen-bond donors (Lipinski definition) is 0. The smallest absolute Gasteiger partial charge is 0.376 e. The van der Waals surface area contributed by atoms with Crippen LogP contribution in [-0.2, 0) is 10.0 Å². The first-order chi connectivity index (χ1) is 12.3. The van der Waals surface area contributed by atoms with Crippen molar-refractivity contribution in [3.05, 3.63) is 40.5 Å². The van der Waals surface area contributed by atoms with Gasteiger partial charge in [0.05, 0.1) is 11.2 Å². The first-order valence-corrected chi connectivity index (χ1v) is 10.5. The van der Waals surface area contributed by atoms with Crippen LogP contribution in [0.3, 0.4) is 0 Å². The van der Waals surface area contributed by atoms with Crippen LogP contribution in [0.4, 0.5) is 13.2 Å². The van der Waals surface area contributed by atoms with Crippen molar-refractivity contribution >= 4 is 26.5 Å². The van der Waals surface area contributed by atoms with Gasteiger partial charge >= 0.3 is 6.18 Å². The molecule has 0 aromatic heterocycles. The summed E-state index contributed by atoms with van der Waals surface area (Å²) in [6.45, 7) is 5.70. The molecule has 1 aromatic carbocycles. The average Bonchev–Trinajstić information content (AvgIpc) is 2.70. The molecule has 0 bridgehead atoms. The van der Waals surface area contributed by atoms with E-state index < -0.39 is 28.2 Å². The minimum absolute atomic E-state index is 0.125. The summed E-state index contributed by atoms with van der Waals surface area (Å²) in [7, 11) is -2.18. The number of sulfonamides is 1. The Labute approximate surface area is 163 Å². The molecule has 4 nitrogen and oxygen atoms in total. The lowest BCUT2D eigenvalue weighted by Gasteiger charge is -2.36. The van der Waals surface area contributed by atoms with E-state index in [1.54, 1.807) is 45.2 Å². The highest BCUT2D eigenvalue weighted by Crippen LogP contribution is 2.46. The maximum Gasteiger partial charge on any atom is 0.389 e. The standard InChI is InChI=1S/C18H24ClF3N2O2S/c1-5-23(4)16-15(13-7-9-14(19)10-8-13)27(25,26)24(17(16,2)3)12-6-11-18(20,21)22/h7-10H,5-6,11-12H2,1-4H3. The summed E-state index contributed by atoms with van der Waals surface area (Å²) in [5, 5.41) is 0.474. The van der Waals surface area contributed by atoms with Crippen LogP contribution in [0.1, 0.15) is 39.2 Å². The molecule has 0 fully saturated rings. The van der Waals surface area contributed by atoms with E-state index in [4.69, 9.17) is 11.6 Å². The summed E-state index contributed by atoms with van der Waals surface area (Å²) in [5.74, 6) is 0. The van der Waals surface area contributed by atoms with E-state index in [0.717, 1.165) is 0 Å². The Hall–Kier alpha value is -1.25. The molecule has 0 N–H and O–H groups in total. The maximum atomic E-state index is 13.3. The minimum atomic E-state index is -4.32. The van der Waals surface area contributed by atoms with Gasteiger partial charge in [-0.2, -0.15) is 17.5 Å². The quantitative estimate of drug-likeness (QED) is 0.663. The third-order valence-corrected chi connectivity index (χ3v) is 7.17. The highest BCUT2D eigenvalue weighted by molar-refractivity contribution is 7.98. The molecule has 0 saturated heterocycles. The highest BCUT2D eigenvalue weighted by atomic mass is 35.5. The van der Waals surface area contributed by atoms with Crippen LogP contribution in [0.25, 0.3) is 4.91 Å². The van der Waals surface area contributed by atoms with E-state index in [2.05, 4.69) is 0 Å². The third-order valence-electron chi connectivity index (χ3n) is 4.75. The first-order valence-electron chi connectivity index (χ1n) is 8.63. The lowest BCUT2D eigenvalue weighted by molar-refractivity contribution is -0.136. The molecule has 152 valence electrons. The van der Waals surface area contributed by atoms with Crippen LogP contribution in [0.15, 0.2) is 30.0 Å². The number of alkyl halides is 3. The van der Waals surface area contributed by atoms with Crippen molar-refractivity contribution in [1.82, 2.24) is 9.21 Å². The fraction of sp³-hybridized carbons (Fsp3) is 0.556. The maximum absolute atomic E-state index is 13.3. The zero-order valence-electron chi connectivity index (χ0n) is 15.8. The van der Waals surface area contributed by atoms with Crippen molar-refractivity contribution in [3.63, 3.8) is 0 Å². The second-order valence-corrected chi connectivity index (χ2v) is 9.29. The van der Waals surface area contributed by atoms with Gasteiger partial charge in [0.25, 0.3) is 0 Å². The molecule has 0 saturated carbocycles.